The van der Waals surface area contributed by atoms with Crippen molar-refractivity contribution >= 4 is 17.3 Å². The third-order valence-corrected chi connectivity index (χ3v) is 5.06. The van der Waals surface area contributed by atoms with Gasteiger partial charge in [0, 0.05) is 24.2 Å². The van der Waals surface area contributed by atoms with E-state index in [-0.39, 0.29) is 12.1 Å². The van der Waals surface area contributed by atoms with Gasteiger partial charge in [-0.15, -0.1) is 11.3 Å². The molecule has 2 aromatic rings. The number of aromatic nitrogens is 1. The summed E-state index contributed by atoms with van der Waals surface area (Å²) < 4.78 is 11.2. The number of thiazole rings is 1. The van der Waals surface area contributed by atoms with E-state index in [2.05, 4.69) is 9.88 Å². The molecule has 0 radical (unpaired) electrons. The summed E-state index contributed by atoms with van der Waals surface area (Å²) in [6, 6.07) is 9.39. The van der Waals surface area contributed by atoms with Crippen LogP contribution in [0.1, 0.15) is 35.3 Å². The summed E-state index contributed by atoms with van der Waals surface area (Å²) in [6.07, 6.45) is -0.0990. The Morgan fingerprint density at radius 3 is 2.92 bits per heavy atom. The highest BCUT2D eigenvalue weighted by molar-refractivity contribution is 7.09. The van der Waals surface area contributed by atoms with E-state index in [0.717, 1.165) is 16.3 Å². The van der Waals surface area contributed by atoms with Gasteiger partial charge in [0.05, 0.1) is 13.2 Å². The fourth-order valence-electron chi connectivity index (χ4n) is 2.93. The summed E-state index contributed by atoms with van der Waals surface area (Å²) in [7, 11) is 0. The molecule has 1 aromatic heterocycles. The van der Waals surface area contributed by atoms with Crippen molar-refractivity contribution in [2.75, 3.05) is 26.3 Å². The van der Waals surface area contributed by atoms with Gasteiger partial charge >= 0.3 is 5.97 Å². The van der Waals surface area contributed by atoms with Gasteiger partial charge in [-0.1, -0.05) is 30.3 Å². The van der Waals surface area contributed by atoms with Gasteiger partial charge in [0.2, 0.25) is 0 Å². The molecule has 2 atom stereocenters. The lowest BCUT2D eigenvalue weighted by Crippen LogP contribution is -2.44. The lowest BCUT2D eigenvalue weighted by molar-refractivity contribution is -0.153. The molecule has 128 valence electrons. The standard InChI is InChI=1S/C18H22N2O3S/c1-3-22-18(21)16(14-7-5-4-6-8-14)20-9-10-23-15(11-20)17-19-13(2)12-24-17/h4-8,12,15-16H,3,9-11H2,1-2H3/t15-,16+/m1/s1. The van der Waals surface area contributed by atoms with Gasteiger partial charge in [0.25, 0.3) is 0 Å². The predicted octanol–water partition coefficient (Wildman–Crippen LogP) is 3.13. The molecule has 1 aliphatic rings. The molecule has 6 heteroatoms. The first-order valence-corrected chi connectivity index (χ1v) is 9.06. The van der Waals surface area contributed by atoms with E-state index in [1.165, 1.54) is 0 Å². The number of ether oxygens (including phenoxy) is 2. The van der Waals surface area contributed by atoms with Crippen LogP contribution in [0.5, 0.6) is 0 Å². The molecule has 5 nitrogen and oxygen atoms in total. The average molecular weight is 346 g/mol. The minimum atomic E-state index is -0.404. The van der Waals surface area contributed by atoms with Gasteiger partial charge in [-0.3, -0.25) is 4.90 Å². The van der Waals surface area contributed by atoms with Crippen molar-refractivity contribution in [2.45, 2.75) is 26.0 Å². The van der Waals surface area contributed by atoms with Crippen LogP contribution >= 0.6 is 11.3 Å². The molecule has 1 aliphatic heterocycles. The number of carbonyl (C=O) groups excluding carboxylic acids is 1. The lowest BCUT2D eigenvalue weighted by atomic mass is 10.0. The maximum Gasteiger partial charge on any atom is 0.328 e. The average Bonchev–Trinajstić information content (AvgIpc) is 3.03. The zero-order valence-corrected chi connectivity index (χ0v) is 14.8. The summed E-state index contributed by atoms with van der Waals surface area (Å²) in [6.45, 7) is 6.09. The van der Waals surface area contributed by atoms with Crippen LogP contribution in [-0.2, 0) is 14.3 Å². The topological polar surface area (TPSA) is 51.7 Å². The van der Waals surface area contributed by atoms with Gasteiger partial charge in [0.1, 0.15) is 17.2 Å². The first kappa shape index (κ1) is 17.1. The third-order valence-electron chi connectivity index (χ3n) is 4.00. The Labute approximate surface area is 146 Å². The fraction of sp³-hybridized carbons (Fsp3) is 0.444. The summed E-state index contributed by atoms with van der Waals surface area (Å²) in [5.41, 5.74) is 1.95. The fourth-order valence-corrected chi connectivity index (χ4v) is 3.76. The number of morpholine rings is 1. The number of esters is 1. The van der Waals surface area contributed by atoms with Crippen molar-refractivity contribution < 1.29 is 14.3 Å². The Kier molecular flexibility index (Phi) is 5.60. The van der Waals surface area contributed by atoms with Crippen LogP contribution in [0.4, 0.5) is 0 Å². The van der Waals surface area contributed by atoms with Crippen LogP contribution in [0.15, 0.2) is 35.7 Å². The maximum absolute atomic E-state index is 12.6. The van der Waals surface area contributed by atoms with Crippen LogP contribution in [0, 0.1) is 6.92 Å². The van der Waals surface area contributed by atoms with E-state index < -0.39 is 6.04 Å². The summed E-state index contributed by atoms with van der Waals surface area (Å²) >= 11 is 1.61. The minimum Gasteiger partial charge on any atom is -0.465 e. The molecule has 0 N–H and O–H groups in total. The minimum absolute atomic E-state index is 0.0990. The number of hydrogen-bond donors (Lipinski definition) is 0. The second-order valence-electron chi connectivity index (χ2n) is 5.75. The smallest absolute Gasteiger partial charge is 0.328 e. The van der Waals surface area contributed by atoms with Crippen molar-refractivity contribution in [1.29, 1.82) is 0 Å². The Bertz CT molecular complexity index is 674. The lowest BCUT2D eigenvalue weighted by Gasteiger charge is -2.36. The Morgan fingerprint density at radius 2 is 2.25 bits per heavy atom. The van der Waals surface area contributed by atoms with Crippen molar-refractivity contribution in [1.82, 2.24) is 9.88 Å². The Hall–Kier alpha value is -1.76. The molecule has 0 amide bonds. The van der Waals surface area contributed by atoms with Gasteiger partial charge in [0.15, 0.2) is 0 Å². The number of hydrogen-bond acceptors (Lipinski definition) is 6. The summed E-state index contributed by atoms with van der Waals surface area (Å²) in [5.74, 6) is -0.209. The zero-order valence-electron chi connectivity index (χ0n) is 14.0. The molecule has 0 aliphatic carbocycles. The predicted molar refractivity (Wildman–Crippen MR) is 92.9 cm³/mol. The molecule has 0 saturated carbocycles. The first-order valence-electron chi connectivity index (χ1n) is 8.18. The highest BCUT2D eigenvalue weighted by Crippen LogP contribution is 2.31. The first-order chi connectivity index (χ1) is 11.7. The van der Waals surface area contributed by atoms with Crippen LogP contribution in [0.25, 0.3) is 0 Å². The van der Waals surface area contributed by atoms with E-state index in [1.807, 2.05) is 49.6 Å². The Morgan fingerprint density at radius 1 is 1.46 bits per heavy atom. The van der Waals surface area contributed by atoms with Gasteiger partial charge in [-0.25, -0.2) is 9.78 Å². The van der Waals surface area contributed by atoms with Gasteiger partial charge < -0.3 is 9.47 Å². The van der Waals surface area contributed by atoms with Crippen LogP contribution in [0.2, 0.25) is 0 Å². The van der Waals surface area contributed by atoms with Gasteiger partial charge in [-0.2, -0.15) is 0 Å². The maximum atomic E-state index is 12.6. The molecular formula is C18H22N2O3S. The molecule has 3 rings (SSSR count). The molecule has 24 heavy (non-hydrogen) atoms. The quantitative estimate of drug-likeness (QED) is 0.779. The number of aryl methyl sites for hydroxylation is 1. The largest absolute Gasteiger partial charge is 0.465 e. The van der Waals surface area contributed by atoms with Crippen LogP contribution < -0.4 is 0 Å². The Balaban J connectivity index is 1.82. The monoisotopic (exact) mass is 346 g/mol. The molecule has 1 fully saturated rings. The molecule has 1 saturated heterocycles. The van der Waals surface area contributed by atoms with E-state index in [0.29, 0.717) is 26.3 Å². The van der Waals surface area contributed by atoms with Crippen molar-refractivity contribution in [3.8, 4) is 0 Å². The molecule has 0 spiro atoms. The van der Waals surface area contributed by atoms with Crippen LogP contribution in [-0.4, -0.2) is 42.2 Å². The summed E-state index contributed by atoms with van der Waals surface area (Å²) in [4.78, 5) is 19.2. The van der Waals surface area contributed by atoms with E-state index in [4.69, 9.17) is 9.47 Å². The molecule has 1 aromatic carbocycles. The SMILES string of the molecule is CCOC(=O)[C@H](c1ccccc1)N1CCO[C@@H](c2nc(C)cs2)C1. The highest BCUT2D eigenvalue weighted by atomic mass is 32.1. The third kappa shape index (κ3) is 3.83. The van der Waals surface area contributed by atoms with Gasteiger partial charge in [-0.05, 0) is 19.4 Å². The number of rotatable bonds is 5. The van der Waals surface area contributed by atoms with E-state index in [9.17, 15) is 4.79 Å². The number of benzene rings is 1. The number of nitrogens with zero attached hydrogens (tertiary/aromatic N) is 2. The van der Waals surface area contributed by atoms with E-state index >= 15 is 0 Å². The normalized spacial score (nSPS) is 19.8. The highest BCUT2D eigenvalue weighted by Gasteiger charge is 2.34. The molecule has 0 unspecified atom stereocenters. The molecular weight excluding hydrogens is 324 g/mol. The molecule has 2 heterocycles. The number of carbonyl (C=O) groups is 1. The van der Waals surface area contributed by atoms with E-state index in [1.54, 1.807) is 11.3 Å². The van der Waals surface area contributed by atoms with Crippen molar-refractivity contribution in [2.24, 2.45) is 0 Å². The second kappa shape index (κ2) is 7.88. The van der Waals surface area contributed by atoms with Crippen LogP contribution in [0.3, 0.4) is 0 Å². The van der Waals surface area contributed by atoms with Crippen molar-refractivity contribution in [3.63, 3.8) is 0 Å². The second-order valence-corrected chi connectivity index (χ2v) is 6.64. The van der Waals surface area contributed by atoms with Crippen molar-refractivity contribution in [3.05, 3.63) is 52.0 Å². The zero-order chi connectivity index (χ0) is 16.9. The summed E-state index contributed by atoms with van der Waals surface area (Å²) in [5, 5.41) is 2.99. The molecule has 0 bridgehead atoms.